The van der Waals surface area contributed by atoms with Gasteiger partial charge in [0, 0.05) is 32.7 Å². The van der Waals surface area contributed by atoms with Crippen LogP contribution in [0.2, 0.25) is 10.0 Å². The molecular weight excluding hydrogens is 423 g/mol. The lowest BCUT2D eigenvalue weighted by molar-refractivity contribution is 0.555. The first kappa shape index (κ1) is 19.8. The second kappa shape index (κ2) is 9.27. The standard InChI is InChI=1S/C16H12Cl2O2S4/c17-13-7-11(3-1-9(13)5-15(19)21)23-24-12-4-2-10(6-16(20)22)14(18)8-12/h1-4,7-8H,5-6H2,(H,19,21)(H,20,22). The number of rotatable bonds is 7. The molecule has 0 fully saturated rings. The SMILES string of the molecule is OC(=S)Cc1ccc(SSc2ccc(CC(O)=S)c(Cl)c2)cc1Cl. The van der Waals surface area contributed by atoms with Crippen molar-refractivity contribution in [3.8, 4) is 0 Å². The molecule has 0 amide bonds. The van der Waals surface area contributed by atoms with Gasteiger partial charge in [-0.15, -0.1) is 0 Å². The molecule has 0 heterocycles. The summed E-state index contributed by atoms with van der Waals surface area (Å²) in [6, 6.07) is 11.2. The first-order chi connectivity index (χ1) is 11.3. The smallest absolute Gasteiger partial charge is 0.161 e. The monoisotopic (exact) mass is 434 g/mol. The van der Waals surface area contributed by atoms with Crippen molar-refractivity contribution in [1.29, 1.82) is 0 Å². The third kappa shape index (κ3) is 6.10. The molecule has 2 aromatic rings. The molecule has 0 aliphatic carbocycles. The van der Waals surface area contributed by atoms with Crippen molar-refractivity contribution in [3.63, 3.8) is 0 Å². The Balaban J connectivity index is 2.03. The van der Waals surface area contributed by atoms with E-state index in [-0.39, 0.29) is 22.9 Å². The van der Waals surface area contributed by atoms with Crippen LogP contribution in [0.4, 0.5) is 0 Å². The van der Waals surface area contributed by atoms with E-state index in [2.05, 4.69) is 24.4 Å². The predicted octanol–water partition coefficient (Wildman–Crippen LogP) is 6.65. The summed E-state index contributed by atoms with van der Waals surface area (Å²) in [5.74, 6) is 0. The van der Waals surface area contributed by atoms with Crippen molar-refractivity contribution in [2.75, 3.05) is 0 Å². The quantitative estimate of drug-likeness (QED) is 0.375. The topological polar surface area (TPSA) is 40.5 Å². The van der Waals surface area contributed by atoms with Gasteiger partial charge < -0.3 is 10.2 Å². The van der Waals surface area contributed by atoms with E-state index in [1.165, 1.54) is 0 Å². The summed E-state index contributed by atoms with van der Waals surface area (Å²) in [5, 5.41) is 19.3. The van der Waals surface area contributed by atoms with Gasteiger partial charge in [-0.3, -0.25) is 0 Å². The fraction of sp³-hybridized carbons (Fsp3) is 0.125. The summed E-state index contributed by atoms with van der Waals surface area (Å²) in [6.45, 7) is 0. The van der Waals surface area contributed by atoms with E-state index in [9.17, 15) is 10.2 Å². The summed E-state index contributed by atoms with van der Waals surface area (Å²) in [4.78, 5) is 1.96. The average molecular weight is 435 g/mol. The molecule has 2 nitrogen and oxygen atoms in total. The number of benzene rings is 2. The van der Waals surface area contributed by atoms with Gasteiger partial charge in [0.15, 0.2) is 10.1 Å². The van der Waals surface area contributed by atoms with Crippen LogP contribution in [0.1, 0.15) is 11.1 Å². The molecule has 0 saturated carbocycles. The highest BCUT2D eigenvalue weighted by molar-refractivity contribution is 8.76. The van der Waals surface area contributed by atoms with E-state index in [0.29, 0.717) is 10.0 Å². The van der Waals surface area contributed by atoms with E-state index in [0.717, 1.165) is 20.9 Å². The fourth-order valence-corrected chi connectivity index (χ4v) is 4.77. The minimum Gasteiger partial charge on any atom is -0.502 e. The summed E-state index contributed by atoms with van der Waals surface area (Å²) >= 11 is 21.8. The molecule has 2 aromatic carbocycles. The van der Waals surface area contributed by atoms with Crippen molar-refractivity contribution < 1.29 is 10.2 Å². The van der Waals surface area contributed by atoms with Gasteiger partial charge >= 0.3 is 0 Å². The van der Waals surface area contributed by atoms with Crippen molar-refractivity contribution in [1.82, 2.24) is 0 Å². The molecular formula is C16H12Cl2O2S4. The van der Waals surface area contributed by atoms with Crippen LogP contribution in [-0.2, 0) is 12.8 Å². The molecule has 0 saturated heterocycles. The second-order valence-corrected chi connectivity index (χ2v) is 8.85. The summed E-state index contributed by atoms with van der Waals surface area (Å²) in [5.41, 5.74) is 1.59. The Bertz CT molecular complexity index is 715. The van der Waals surface area contributed by atoms with Gasteiger partial charge in [-0.1, -0.05) is 56.9 Å². The lowest BCUT2D eigenvalue weighted by Crippen LogP contribution is -1.98. The molecule has 0 unspecified atom stereocenters. The maximum absolute atomic E-state index is 9.18. The first-order valence-electron chi connectivity index (χ1n) is 6.70. The van der Waals surface area contributed by atoms with Crippen LogP contribution in [0.5, 0.6) is 0 Å². The maximum Gasteiger partial charge on any atom is 0.161 e. The zero-order chi connectivity index (χ0) is 17.7. The predicted molar refractivity (Wildman–Crippen MR) is 112 cm³/mol. The van der Waals surface area contributed by atoms with Gasteiger partial charge in [-0.05, 0) is 59.8 Å². The van der Waals surface area contributed by atoms with Gasteiger partial charge in [0.1, 0.15) is 0 Å². The van der Waals surface area contributed by atoms with E-state index < -0.39 is 0 Å². The molecule has 2 N–H and O–H groups in total. The minimum atomic E-state index is -0.0798. The van der Waals surface area contributed by atoms with Crippen molar-refractivity contribution >= 4 is 79.3 Å². The molecule has 0 spiro atoms. The van der Waals surface area contributed by atoms with Crippen LogP contribution in [0, 0.1) is 0 Å². The van der Waals surface area contributed by atoms with Crippen molar-refractivity contribution in [2.24, 2.45) is 0 Å². The number of hydrogen-bond donors (Lipinski definition) is 2. The minimum absolute atomic E-state index is 0.0798. The second-order valence-electron chi connectivity index (χ2n) is 4.81. The fourth-order valence-electron chi connectivity index (χ4n) is 1.87. The first-order valence-corrected chi connectivity index (χ1v) is 10.4. The number of hydrogen-bond acceptors (Lipinski definition) is 4. The van der Waals surface area contributed by atoms with Crippen LogP contribution in [0.15, 0.2) is 46.2 Å². The van der Waals surface area contributed by atoms with Gasteiger partial charge in [-0.25, -0.2) is 0 Å². The molecule has 0 aromatic heterocycles. The molecule has 0 bridgehead atoms. The van der Waals surface area contributed by atoms with Crippen LogP contribution in [0.3, 0.4) is 0 Å². The Hall–Kier alpha value is -0.500. The number of halogens is 2. The Morgan fingerprint density at radius 2 is 1.17 bits per heavy atom. The highest BCUT2D eigenvalue weighted by Crippen LogP contribution is 2.40. The molecule has 2 rings (SSSR count). The number of thiocarbonyl (C=S) groups is 2. The van der Waals surface area contributed by atoms with Crippen molar-refractivity contribution in [3.05, 3.63) is 57.6 Å². The van der Waals surface area contributed by atoms with Crippen LogP contribution < -0.4 is 0 Å². The maximum atomic E-state index is 9.18. The number of aliphatic hydroxyl groups excluding tert-OH is 2. The molecule has 0 atom stereocenters. The third-order valence-electron chi connectivity index (χ3n) is 2.97. The summed E-state index contributed by atoms with van der Waals surface area (Å²) in [6.07, 6.45) is 0.548. The number of aliphatic hydroxyl groups is 2. The van der Waals surface area contributed by atoms with Gasteiger partial charge in [0.25, 0.3) is 0 Å². The van der Waals surface area contributed by atoms with E-state index in [1.807, 2.05) is 36.4 Å². The average Bonchev–Trinajstić information content (AvgIpc) is 2.49. The molecule has 24 heavy (non-hydrogen) atoms. The highest BCUT2D eigenvalue weighted by Gasteiger charge is 2.08. The van der Waals surface area contributed by atoms with Crippen molar-refractivity contribution in [2.45, 2.75) is 22.6 Å². The van der Waals surface area contributed by atoms with Crippen LogP contribution in [0.25, 0.3) is 0 Å². The molecule has 0 aliphatic heterocycles. The summed E-state index contributed by atoms with van der Waals surface area (Å²) in [7, 11) is 3.09. The Morgan fingerprint density at radius 1 is 0.792 bits per heavy atom. The lowest BCUT2D eigenvalue weighted by Gasteiger charge is -2.07. The molecule has 0 radical (unpaired) electrons. The Kier molecular flexibility index (Phi) is 7.65. The largest absolute Gasteiger partial charge is 0.502 e. The third-order valence-corrected chi connectivity index (χ3v) is 6.34. The van der Waals surface area contributed by atoms with E-state index >= 15 is 0 Å². The molecule has 126 valence electrons. The Morgan fingerprint density at radius 3 is 1.46 bits per heavy atom. The highest BCUT2D eigenvalue weighted by atomic mass is 35.5. The van der Waals surface area contributed by atoms with E-state index in [1.54, 1.807) is 21.6 Å². The van der Waals surface area contributed by atoms with Gasteiger partial charge in [-0.2, -0.15) is 0 Å². The summed E-state index contributed by atoms with van der Waals surface area (Å²) < 4.78 is 0. The van der Waals surface area contributed by atoms with Gasteiger partial charge in [0.2, 0.25) is 0 Å². The normalized spacial score (nSPS) is 10.6. The van der Waals surface area contributed by atoms with Gasteiger partial charge in [0.05, 0.1) is 0 Å². The zero-order valence-electron chi connectivity index (χ0n) is 12.2. The zero-order valence-corrected chi connectivity index (χ0v) is 16.9. The molecule has 8 heteroatoms. The van der Waals surface area contributed by atoms with Crippen LogP contribution >= 0.6 is 69.2 Å². The molecule has 0 aliphatic rings. The Labute approximate surface area is 169 Å². The van der Waals surface area contributed by atoms with Crippen LogP contribution in [-0.4, -0.2) is 20.3 Å². The lowest BCUT2D eigenvalue weighted by atomic mass is 10.2. The van der Waals surface area contributed by atoms with E-state index in [4.69, 9.17) is 23.2 Å².